The van der Waals surface area contributed by atoms with Crippen LogP contribution in [0.25, 0.3) is 0 Å². The summed E-state index contributed by atoms with van der Waals surface area (Å²) in [7, 11) is 0. The first-order chi connectivity index (χ1) is 6.66. The summed E-state index contributed by atoms with van der Waals surface area (Å²) in [6, 6.07) is 0. The van der Waals surface area contributed by atoms with E-state index in [0.29, 0.717) is 5.82 Å². The van der Waals surface area contributed by atoms with Gasteiger partial charge in [0.2, 0.25) is 0 Å². The lowest BCUT2D eigenvalue weighted by Crippen LogP contribution is -2.38. The average molecular weight is 194 g/mol. The maximum Gasteiger partial charge on any atom is 0.142 e. The molecule has 0 saturated carbocycles. The van der Waals surface area contributed by atoms with Crippen molar-refractivity contribution >= 4 is 11.5 Å². The van der Waals surface area contributed by atoms with Crippen molar-refractivity contribution in [1.82, 2.24) is 10.2 Å². The van der Waals surface area contributed by atoms with Gasteiger partial charge >= 0.3 is 0 Å². The number of hydrogen-bond donors (Lipinski definition) is 2. The number of aromatic nitrogens is 2. The molecule has 4 heteroatoms. The van der Waals surface area contributed by atoms with E-state index >= 15 is 0 Å². The van der Waals surface area contributed by atoms with Gasteiger partial charge in [0.1, 0.15) is 5.82 Å². The van der Waals surface area contributed by atoms with Crippen molar-refractivity contribution in [3.05, 3.63) is 6.20 Å². The van der Waals surface area contributed by atoms with Crippen molar-refractivity contribution in [2.75, 3.05) is 23.7 Å². The van der Waals surface area contributed by atoms with E-state index in [1.54, 1.807) is 0 Å². The van der Waals surface area contributed by atoms with Gasteiger partial charge < -0.3 is 10.6 Å². The Morgan fingerprint density at radius 3 is 2.57 bits per heavy atom. The van der Waals surface area contributed by atoms with E-state index in [9.17, 15) is 0 Å². The molecule has 0 bridgehead atoms. The summed E-state index contributed by atoms with van der Waals surface area (Å²) in [5.41, 5.74) is 6.86. The predicted octanol–water partition coefficient (Wildman–Crippen LogP) is 1.47. The highest BCUT2D eigenvalue weighted by Gasteiger charge is 2.23. The van der Waals surface area contributed by atoms with E-state index in [2.05, 4.69) is 28.9 Å². The standard InChI is InChI=1S/C10H18N4/c1-7-3-8(2)6-14(5-7)9-4-12-13-10(9)11/h4,7-8H,3,5-6H2,1-2H3,(H3,11,12,13). The van der Waals surface area contributed by atoms with Crippen molar-refractivity contribution in [1.29, 1.82) is 0 Å². The van der Waals surface area contributed by atoms with Crippen LogP contribution in [0.3, 0.4) is 0 Å². The molecule has 0 amide bonds. The monoisotopic (exact) mass is 194 g/mol. The number of nitrogen functional groups attached to an aromatic ring is 1. The number of anilines is 2. The van der Waals surface area contributed by atoms with Gasteiger partial charge in [-0.25, -0.2) is 0 Å². The first kappa shape index (κ1) is 9.37. The Kier molecular flexibility index (Phi) is 2.35. The topological polar surface area (TPSA) is 57.9 Å². The Morgan fingerprint density at radius 2 is 2.07 bits per heavy atom. The van der Waals surface area contributed by atoms with Crippen LogP contribution in [0, 0.1) is 11.8 Å². The Morgan fingerprint density at radius 1 is 1.43 bits per heavy atom. The second-order valence-electron chi connectivity index (χ2n) is 4.52. The molecule has 0 spiro atoms. The zero-order valence-electron chi connectivity index (χ0n) is 8.83. The molecule has 1 aliphatic rings. The summed E-state index contributed by atoms with van der Waals surface area (Å²) in [6.07, 6.45) is 3.13. The van der Waals surface area contributed by atoms with Gasteiger partial charge in [0, 0.05) is 13.1 Å². The molecular weight excluding hydrogens is 176 g/mol. The van der Waals surface area contributed by atoms with E-state index in [1.165, 1.54) is 6.42 Å². The largest absolute Gasteiger partial charge is 0.382 e. The second kappa shape index (κ2) is 3.52. The summed E-state index contributed by atoms with van der Waals surface area (Å²) in [6.45, 7) is 6.76. The molecule has 0 radical (unpaired) electrons. The summed E-state index contributed by atoms with van der Waals surface area (Å²) in [4.78, 5) is 2.33. The molecular formula is C10H18N4. The maximum atomic E-state index is 5.80. The number of rotatable bonds is 1. The molecule has 2 unspecified atom stereocenters. The minimum Gasteiger partial charge on any atom is -0.382 e. The lowest BCUT2D eigenvalue weighted by molar-refractivity contribution is 0.357. The van der Waals surface area contributed by atoms with E-state index in [1.807, 2.05) is 6.20 Å². The molecule has 3 N–H and O–H groups in total. The zero-order chi connectivity index (χ0) is 10.1. The fourth-order valence-electron chi connectivity index (χ4n) is 2.40. The summed E-state index contributed by atoms with van der Waals surface area (Å²) >= 11 is 0. The third-order valence-electron chi connectivity index (χ3n) is 2.86. The molecule has 0 aromatic carbocycles. The highest BCUT2D eigenvalue weighted by atomic mass is 15.2. The summed E-state index contributed by atoms with van der Waals surface area (Å²) in [5.74, 6) is 2.17. The van der Waals surface area contributed by atoms with Crippen molar-refractivity contribution in [2.45, 2.75) is 20.3 Å². The third kappa shape index (κ3) is 1.69. The fraction of sp³-hybridized carbons (Fsp3) is 0.700. The van der Waals surface area contributed by atoms with Gasteiger partial charge in [0.05, 0.1) is 11.9 Å². The zero-order valence-corrected chi connectivity index (χ0v) is 8.83. The molecule has 4 nitrogen and oxygen atoms in total. The van der Waals surface area contributed by atoms with Gasteiger partial charge in [0.25, 0.3) is 0 Å². The molecule has 2 heterocycles. The number of H-pyrrole nitrogens is 1. The van der Waals surface area contributed by atoms with Crippen molar-refractivity contribution in [3.63, 3.8) is 0 Å². The number of piperidine rings is 1. The smallest absolute Gasteiger partial charge is 0.142 e. The SMILES string of the molecule is CC1CC(C)CN(c2cn[nH]c2N)C1. The van der Waals surface area contributed by atoms with Crippen molar-refractivity contribution < 1.29 is 0 Å². The second-order valence-corrected chi connectivity index (χ2v) is 4.52. The lowest BCUT2D eigenvalue weighted by Gasteiger charge is -2.35. The summed E-state index contributed by atoms with van der Waals surface area (Å²) < 4.78 is 0. The molecule has 1 aromatic heterocycles. The van der Waals surface area contributed by atoms with Crippen LogP contribution in [0.1, 0.15) is 20.3 Å². The van der Waals surface area contributed by atoms with E-state index < -0.39 is 0 Å². The van der Waals surface area contributed by atoms with Crippen LogP contribution in [0.2, 0.25) is 0 Å². The Hall–Kier alpha value is -1.19. The quantitative estimate of drug-likeness (QED) is 0.712. The summed E-state index contributed by atoms with van der Waals surface area (Å²) in [5, 5.41) is 6.74. The normalized spacial score (nSPS) is 28.0. The Bertz CT molecular complexity index is 297. The fourth-order valence-corrected chi connectivity index (χ4v) is 2.40. The molecule has 78 valence electrons. The highest BCUT2D eigenvalue weighted by molar-refractivity contribution is 5.62. The Labute approximate surface area is 84.5 Å². The molecule has 0 aliphatic carbocycles. The van der Waals surface area contributed by atoms with Gasteiger partial charge in [-0.1, -0.05) is 13.8 Å². The van der Waals surface area contributed by atoms with Crippen LogP contribution < -0.4 is 10.6 Å². The molecule has 14 heavy (non-hydrogen) atoms. The molecule has 1 aliphatic heterocycles. The molecule has 2 rings (SSSR count). The van der Waals surface area contributed by atoms with Crippen LogP contribution >= 0.6 is 0 Å². The van der Waals surface area contributed by atoms with Gasteiger partial charge in [-0.15, -0.1) is 0 Å². The molecule has 2 atom stereocenters. The minimum atomic E-state index is 0.686. The third-order valence-corrected chi connectivity index (χ3v) is 2.86. The number of nitrogens with one attached hydrogen (secondary N) is 1. The van der Waals surface area contributed by atoms with Gasteiger partial charge in [-0.05, 0) is 18.3 Å². The van der Waals surface area contributed by atoms with E-state index in [-0.39, 0.29) is 0 Å². The Balaban J connectivity index is 2.15. The predicted molar refractivity (Wildman–Crippen MR) is 58.2 cm³/mol. The van der Waals surface area contributed by atoms with Crippen LogP contribution in [0.4, 0.5) is 11.5 Å². The van der Waals surface area contributed by atoms with Crippen molar-refractivity contribution in [2.24, 2.45) is 11.8 Å². The minimum absolute atomic E-state index is 0.686. The number of nitrogens with two attached hydrogens (primary N) is 1. The van der Waals surface area contributed by atoms with Gasteiger partial charge in [-0.2, -0.15) is 5.10 Å². The van der Waals surface area contributed by atoms with E-state index in [0.717, 1.165) is 30.6 Å². The first-order valence-corrected chi connectivity index (χ1v) is 5.20. The van der Waals surface area contributed by atoms with Crippen LogP contribution in [-0.4, -0.2) is 23.3 Å². The molecule has 1 aromatic rings. The lowest BCUT2D eigenvalue weighted by atomic mass is 9.92. The molecule has 1 fully saturated rings. The molecule has 1 saturated heterocycles. The average Bonchev–Trinajstić information content (AvgIpc) is 2.49. The van der Waals surface area contributed by atoms with Crippen molar-refractivity contribution in [3.8, 4) is 0 Å². The van der Waals surface area contributed by atoms with E-state index in [4.69, 9.17) is 5.73 Å². The van der Waals surface area contributed by atoms with Gasteiger partial charge in [-0.3, -0.25) is 5.10 Å². The van der Waals surface area contributed by atoms with Crippen LogP contribution in [-0.2, 0) is 0 Å². The van der Waals surface area contributed by atoms with Crippen LogP contribution in [0.15, 0.2) is 6.20 Å². The van der Waals surface area contributed by atoms with Gasteiger partial charge in [0.15, 0.2) is 0 Å². The van der Waals surface area contributed by atoms with Crippen LogP contribution in [0.5, 0.6) is 0 Å². The number of nitrogens with zero attached hydrogens (tertiary/aromatic N) is 2. The maximum absolute atomic E-state index is 5.80. The highest BCUT2D eigenvalue weighted by Crippen LogP contribution is 2.28. The number of aromatic amines is 1. The first-order valence-electron chi connectivity index (χ1n) is 5.20. The number of hydrogen-bond acceptors (Lipinski definition) is 3.